The Bertz CT molecular complexity index is 365. The number of nitrogens with zero attached hydrogens (tertiary/aromatic N) is 1. The van der Waals surface area contributed by atoms with Gasteiger partial charge in [0.25, 0.3) is 5.92 Å². The molecule has 3 fully saturated rings. The molecule has 2 saturated heterocycles. The first-order valence-corrected chi connectivity index (χ1v) is 7.66. The number of hydrogen-bond acceptors (Lipinski definition) is 3. The third-order valence-electron chi connectivity index (χ3n) is 4.57. The number of piperidine rings is 1. The summed E-state index contributed by atoms with van der Waals surface area (Å²) >= 11 is 0. The number of nitrogens with one attached hydrogen (secondary N) is 2. The van der Waals surface area contributed by atoms with E-state index in [4.69, 9.17) is 0 Å². The highest BCUT2D eigenvalue weighted by Gasteiger charge is 2.42. The molecule has 2 aliphatic heterocycles. The van der Waals surface area contributed by atoms with Crippen LogP contribution in [0.15, 0.2) is 0 Å². The summed E-state index contributed by atoms with van der Waals surface area (Å²) in [4.78, 5) is 14.4. The predicted molar refractivity (Wildman–Crippen MR) is 71.7 cm³/mol. The van der Waals surface area contributed by atoms with Crippen molar-refractivity contribution in [3.63, 3.8) is 0 Å². The molecule has 1 aliphatic carbocycles. The highest BCUT2D eigenvalue weighted by atomic mass is 19.3. The third kappa shape index (κ3) is 3.67. The van der Waals surface area contributed by atoms with Gasteiger partial charge in [-0.25, -0.2) is 8.78 Å². The van der Waals surface area contributed by atoms with Crippen LogP contribution in [0.5, 0.6) is 0 Å². The molecule has 0 aromatic heterocycles. The van der Waals surface area contributed by atoms with Crippen LogP contribution in [-0.4, -0.2) is 55.0 Å². The summed E-state index contributed by atoms with van der Waals surface area (Å²) in [6.07, 6.45) is 4.21. The van der Waals surface area contributed by atoms with Gasteiger partial charge in [-0.2, -0.15) is 0 Å². The van der Waals surface area contributed by atoms with Crippen LogP contribution >= 0.6 is 0 Å². The largest absolute Gasteiger partial charge is 0.352 e. The van der Waals surface area contributed by atoms with E-state index in [1.165, 1.54) is 19.4 Å². The Morgan fingerprint density at radius 2 is 1.95 bits per heavy atom. The number of amides is 1. The number of hydrogen-bond donors (Lipinski definition) is 2. The lowest BCUT2D eigenvalue weighted by molar-refractivity contribution is -0.124. The molecule has 2 N–H and O–H groups in total. The Balaban J connectivity index is 1.39. The maximum absolute atomic E-state index is 13.1. The molecule has 1 unspecified atom stereocenters. The maximum Gasteiger partial charge on any atom is 0.262 e. The minimum Gasteiger partial charge on any atom is -0.352 e. The van der Waals surface area contributed by atoms with Gasteiger partial charge in [-0.1, -0.05) is 0 Å². The Morgan fingerprint density at radius 1 is 1.25 bits per heavy atom. The zero-order chi connectivity index (χ0) is 14.2. The zero-order valence-electron chi connectivity index (χ0n) is 11.7. The Labute approximate surface area is 118 Å². The summed E-state index contributed by atoms with van der Waals surface area (Å²) in [7, 11) is 0. The smallest absolute Gasteiger partial charge is 0.262 e. The number of rotatable bonds is 4. The molecule has 1 atom stereocenters. The van der Waals surface area contributed by atoms with Gasteiger partial charge in [0.05, 0.1) is 12.6 Å². The minimum atomic E-state index is -2.74. The van der Waals surface area contributed by atoms with E-state index in [2.05, 4.69) is 15.5 Å². The molecular formula is C14H23F2N3O. The average Bonchev–Trinajstić information content (AvgIpc) is 3.13. The van der Waals surface area contributed by atoms with E-state index in [1.54, 1.807) is 0 Å². The molecule has 114 valence electrons. The molecule has 4 nitrogen and oxygen atoms in total. The quantitative estimate of drug-likeness (QED) is 0.810. The van der Waals surface area contributed by atoms with E-state index in [9.17, 15) is 13.6 Å². The Hall–Kier alpha value is -0.750. The fourth-order valence-corrected chi connectivity index (χ4v) is 3.13. The lowest BCUT2D eigenvalue weighted by Gasteiger charge is -2.32. The van der Waals surface area contributed by atoms with Crippen LogP contribution in [0.3, 0.4) is 0 Å². The van der Waals surface area contributed by atoms with Crippen molar-refractivity contribution < 1.29 is 13.6 Å². The lowest BCUT2D eigenvalue weighted by atomic mass is 10.0. The molecular weight excluding hydrogens is 264 g/mol. The number of carbonyl (C=O) groups excluding carboxylic acids is 1. The number of likely N-dealkylation sites (tertiary alicyclic amines) is 1. The first-order valence-electron chi connectivity index (χ1n) is 7.66. The third-order valence-corrected chi connectivity index (χ3v) is 4.57. The van der Waals surface area contributed by atoms with Crippen molar-refractivity contribution >= 4 is 5.91 Å². The minimum absolute atomic E-state index is 0.147. The molecule has 0 aromatic rings. The van der Waals surface area contributed by atoms with Gasteiger partial charge in [-0.3, -0.25) is 10.1 Å². The second-order valence-electron chi connectivity index (χ2n) is 6.52. The van der Waals surface area contributed by atoms with Crippen molar-refractivity contribution in [2.75, 3.05) is 26.2 Å². The highest BCUT2D eigenvalue weighted by molar-refractivity contribution is 5.82. The molecule has 0 bridgehead atoms. The molecule has 0 radical (unpaired) electrons. The van der Waals surface area contributed by atoms with E-state index in [1.807, 2.05) is 0 Å². The SMILES string of the molecule is O=C(NC1CCN(CC2CC2)CC1)C1CC(F)(F)CN1. The summed E-state index contributed by atoms with van der Waals surface area (Å²) in [6, 6.07) is -0.580. The Morgan fingerprint density at radius 3 is 2.50 bits per heavy atom. The van der Waals surface area contributed by atoms with E-state index in [0.29, 0.717) is 0 Å². The first-order chi connectivity index (χ1) is 9.52. The molecule has 1 amide bonds. The van der Waals surface area contributed by atoms with E-state index in [0.717, 1.165) is 31.8 Å². The van der Waals surface area contributed by atoms with Gasteiger partial charge in [0.15, 0.2) is 0 Å². The van der Waals surface area contributed by atoms with Crippen LogP contribution < -0.4 is 10.6 Å². The van der Waals surface area contributed by atoms with E-state index >= 15 is 0 Å². The van der Waals surface area contributed by atoms with Gasteiger partial charge in [0.1, 0.15) is 0 Å². The lowest BCUT2D eigenvalue weighted by Crippen LogP contribution is -2.49. The van der Waals surface area contributed by atoms with Crippen LogP contribution in [0, 0.1) is 5.92 Å². The van der Waals surface area contributed by atoms with Crippen LogP contribution in [0.2, 0.25) is 0 Å². The topological polar surface area (TPSA) is 44.4 Å². The van der Waals surface area contributed by atoms with Crippen LogP contribution in [0.4, 0.5) is 8.78 Å². The molecule has 3 aliphatic rings. The van der Waals surface area contributed by atoms with Crippen molar-refractivity contribution in [1.29, 1.82) is 0 Å². The number of halogens is 2. The normalized spacial score (nSPS) is 31.4. The predicted octanol–water partition coefficient (Wildman–Crippen LogP) is 0.974. The first kappa shape index (κ1) is 14.2. The number of alkyl halides is 2. The number of carbonyl (C=O) groups is 1. The van der Waals surface area contributed by atoms with Crippen molar-refractivity contribution in [3.05, 3.63) is 0 Å². The van der Waals surface area contributed by atoms with Crippen LogP contribution in [0.1, 0.15) is 32.1 Å². The summed E-state index contributed by atoms with van der Waals surface area (Å²) < 4.78 is 26.1. The fourth-order valence-electron chi connectivity index (χ4n) is 3.13. The van der Waals surface area contributed by atoms with Gasteiger partial charge in [0.2, 0.25) is 5.91 Å². The molecule has 1 saturated carbocycles. The summed E-state index contributed by atoms with van der Waals surface area (Å²) in [5, 5.41) is 5.53. The molecule has 6 heteroatoms. The fraction of sp³-hybridized carbons (Fsp3) is 0.929. The monoisotopic (exact) mass is 287 g/mol. The van der Waals surface area contributed by atoms with Gasteiger partial charge in [0, 0.05) is 32.1 Å². The molecule has 0 spiro atoms. The van der Waals surface area contributed by atoms with Crippen LogP contribution in [-0.2, 0) is 4.79 Å². The second kappa shape index (κ2) is 5.56. The highest BCUT2D eigenvalue weighted by Crippen LogP contribution is 2.30. The summed E-state index contributed by atoms with van der Waals surface area (Å²) in [6.45, 7) is 2.83. The van der Waals surface area contributed by atoms with Gasteiger partial charge < -0.3 is 10.2 Å². The standard InChI is InChI=1S/C14H23F2N3O/c15-14(16)7-12(17-9-14)13(20)18-11-3-5-19(6-4-11)8-10-1-2-10/h10-12,17H,1-9H2,(H,18,20). The molecule has 2 heterocycles. The zero-order valence-corrected chi connectivity index (χ0v) is 11.7. The van der Waals surface area contributed by atoms with Crippen LogP contribution in [0.25, 0.3) is 0 Å². The molecule has 0 aromatic carbocycles. The average molecular weight is 287 g/mol. The summed E-state index contributed by atoms with van der Waals surface area (Å²) in [5.41, 5.74) is 0. The van der Waals surface area contributed by atoms with Gasteiger partial charge in [-0.15, -0.1) is 0 Å². The van der Waals surface area contributed by atoms with Crippen molar-refractivity contribution in [1.82, 2.24) is 15.5 Å². The van der Waals surface area contributed by atoms with Crippen molar-refractivity contribution in [3.8, 4) is 0 Å². The van der Waals surface area contributed by atoms with E-state index in [-0.39, 0.29) is 24.9 Å². The van der Waals surface area contributed by atoms with Crippen molar-refractivity contribution in [2.24, 2.45) is 5.92 Å². The van der Waals surface area contributed by atoms with Crippen molar-refractivity contribution in [2.45, 2.75) is 50.1 Å². The molecule has 3 rings (SSSR count). The molecule has 20 heavy (non-hydrogen) atoms. The second-order valence-corrected chi connectivity index (χ2v) is 6.52. The summed E-state index contributed by atoms with van der Waals surface area (Å²) in [5.74, 6) is -2.11. The Kier molecular flexibility index (Phi) is 3.95. The van der Waals surface area contributed by atoms with Gasteiger partial charge >= 0.3 is 0 Å². The van der Waals surface area contributed by atoms with Gasteiger partial charge in [-0.05, 0) is 31.6 Å². The van der Waals surface area contributed by atoms with E-state index < -0.39 is 12.0 Å². The maximum atomic E-state index is 13.1.